The lowest BCUT2D eigenvalue weighted by atomic mass is 10.1. The second kappa shape index (κ2) is 7.07. The maximum Gasteiger partial charge on any atom is 0.0244 e. The molecule has 96 valence electrons. The van der Waals surface area contributed by atoms with Crippen LogP contribution in [0.2, 0.25) is 0 Å². The van der Waals surface area contributed by atoms with Crippen molar-refractivity contribution in [3.05, 3.63) is 29.8 Å². The molecule has 0 bridgehead atoms. The molecule has 1 nitrogen and oxygen atoms in total. The predicted octanol–water partition coefficient (Wildman–Crippen LogP) is 4.09. The Hall–Kier alpha value is -0.470. The Bertz CT molecular complexity index is 323. The molecular weight excluding hydrogens is 226 g/mol. The highest BCUT2D eigenvalue weighted by Crippen LogP contribution is 2.16. The van der Waals surface area contributed by atoms with E-state index in [2.05, 4.69) is 63.4 Å². The Morgan fingerprint density at radius 3 is 2.00 bits per heavy atom. The van der Waals surface area contributed by atoms with Crippen molar-refractivity contribution >= 4 is 12.6 Å². The second-order valence-corrected chi connectivity index (χ2v) is 6.09. The summed E-state index contributed by atoms with van der Waals surface area (Å²) in [5.41, 5.74) is 1.33. The Morgan fingerprint density at radius 2 is 1.53 bits per heavy atom. The van der Waals surface area contributed by atoms with E-state index in [1.165, 1.54) is 5.56 Å². The first-order valence-corrected chi connectivity index (χ1v) is 6.93. The summed E-state index contributed by atoms with van der Waals surface area (Å²) in [4.78, 5) is 3.63. The van der Waals surface area contributed by atoms with Crippen LogP contribution >= 0.6 is 12.6 Å². The van der Waals surface area contributed by atoms with Crippen molar-refractivity contribution in [3.8, 4) is 0 Å². The Labute approximate surface area is 112 Å². The summed E-state index contributed by atoms with van der Waals surface area (Å²) >= 11 is 4.53. The maximum absolute atomic E-state index is 4.53. The zero-order valence-electron chi connectivity index (χ0n) is 11.5. The molecule has 0 saturated heterocycles. The van der Waals surface area contributed by atoms with Gasteiger partial charge in [-0.25, -0.2) is 0 Å². The van der Waals surface area contributed by atoms with E-state index in [1.807, 2.05) is 6.07 Å². The number of nitrogens with zero attached hydrogens (tertiary/aromatic N) is 1. The molecule has 1 aromatic carbocycles. The summed E-state index contributed by atoms with van der Waals surface area (Å²) in [5.74, 6) is 1.42. The Balaban J connectivity index is 2.68. The summed E-state index contributed by atoms with van der Waals surface area (Å²) < 4.78 is 0. The van der Waals surface area contributed by atoms with Gasteiger partial charge in [0.1, 0.15) is 0 Å². The molecule has 0 aromatic heterocycles. The zero-order valence-corrected chi connectivity index (χ0v) is 12.4. The van der Waals surface area contributed by atoms with E-state index in [-0.39, 0.29) is 0 Å². The average molecular weight is 251 g/mol. The molecule has 1 rings (SSSR count). The van der Waals surface area contributed by atoms with Gasteiger partial charge in [0.15, 0.2) is 0 Å². The minimum Gasteiger partial charge on any atom is -0.299 e. The van der Waals surface area contributed by atoms with E-state index in [1.54, 1.807) is 0 Å². The normalized spacial score (nSPS) is 11.8. The van der Waals surface area contributed by atoms with E-state index in [9.17, 15) is 0 Å². The maximum atomic E-state index is 4.53. The van der Waals surface area contributed by atoms with Crippen molar-refractivity contribution in [3.63, 3.8) is 0 Å². The smallest absolute Gasteiger partial charge is 0.0244 e. The first-order chi connectivity index (χ1) is 7.99. The SMILES string of the molecule is CC(C)CN(Cc1ccccc1S)CC(C)C. The molecule has 1 aromatic rings. The fourth-order valence-corrected chi connectivity index (χ4v) is 2.35. The van der Waals surface area contributed by atoms with Gasteiger partial charge in [-0.1, -0.05) is 45.9 Å². The third-order valence-corrected chi connectivity index (χ3v) is 3.07. The van der Waals surface area contributed by atoms with Crippen molar-refractivity contribution < 1.29 is 0 Å². The van der Waals surface area contributed by atoms with Crippen LogP contribution in [0.15, 0.2) is 29.2 Å². The third kappa shape index (κ3) is 5.60. The standard InChI is InChI=1S/C15H25NS/c1-12(2)9-16(10-13(3)4)11-14-7-5-6-8-15(14)17/h5-8,12-13,17H,9-11H2,1-4H3. The summed E-state index contributed by atoms with van der Waals surface area (Å²) in [7, 11) is 0. The van der Waals surface area contributed by atoms with Gasteiger partial charge >= 0.3 is 0 Å². The third-order valence-electron chi connectivity index (χ3n) is 2.63. The van der Waals surface area contributed by atoms with Gasteiger partial charge in [-0.2, -0.15) is 0 Å². The molecule has 17 heavy (non-hydrogen) atoms. The van der Waals surface area contributed by atoms with Crippen LogP contribution in [0.5, 0.6) is 0 Å². The Morgan fingerprint density at radius 1 is 1.00 bits per heavy atom. The first-order valence-electron chi connectivity index (χ1n) is 6.48. The quantitative estimate of drug-likeness (QED) is 0.745. The topological polar surface area (TPSA) is 3.24 Å². The van der Waals surface area contributed by atoms with Crippen LogP contribution < -0.4 is 0 Å². The van der Waals surface area contributed by atoms with Gasteiger partial charge in [-0.15, -0.1) is 12.6 Å². The van der Waals surface area contributed by atoms with Crippen molar-refractivity contribution in [1.82, 2.24) is 4.90 Å². The lowest BCUT2D eigenvalue weighted by molar-refractivity contribution is 0.210. The summed E-state index contributed by atoms with van der Waals surface area (Å²) in [6.07, 6.45) is 0. The highest BCUT2D eigenvalue weighted by molar-refractivity contribution is 7.80. The Kier molecular flexibility index (Phi) is 6.07. The average Bonchev–Trinajstić information content (AvgIpc) is 2.19. The molecule has 0 aliphatic carbocycles. The minimum absolute atomic E-state index is 0.709. The van der Waals surface area contributed by atoms with E-state index >= 15 is 0 Å². The number of hydrogen-bond donors (Lipinski definition) is 1. The van der Waals surface area contributed by atoms with Crippen LogP contribution in [0.3, 0.4) is 0 Å². The van der Waals surface area contributed by atoms with Gasteiger partial charge < -0.3 is 0 Å². The van der Waals surface area contributed by atoms with Crippen molar-refractivity contribution in [2.75, 3.05) is 13.1 Å². The molecule has 0 aliphatic rings. The minimum atomic E-state index is 0.709. The van der Waals surface area contributed by atoms with E-state index in [4.69, 9.17) is 0 Å². The largest absolute Gasteiger partial charge is 0.299 e. The van der Waals surface area contributed by atoms with Crippen LogP contribution in [-0.2, 0) is 6.54 Å². The summed E-state index contributed by atoms with van der Waals surface area (Å²) in [6, 6.07) is 8.39. The van der Waals surface area contributed by atoms with Gasteiger partial charge in [-0.05, 0) is 23.5 Å². The van der Waals surface area contributed by atoms with Crippen molar-refractivity contribution in [2.45, 2.75) is 39.1 Å². The molecule has 0 aliphatic heterocycles. The van der Waals surface area contributed by atoms with Crippen molar-refractivity contribution in [1.29, 1.82) is 0 Å². The van der Waals surface area contributed by atoms with E-state index < -0.39 is 0 Å². The van der Waals surface area contributed by atoms with Crippen LogP contribution in [-0.4, -0.2) is 18.0 Å². The molecule has 0 amide bonds. The zero-order chi connectivity index (χ0) is 12.8. The van der Waals surface area contributed by atoms with Crippen LogP contribution in [0.4, 0.5) is 0 Å². The van der Waals surface area contributed by atoms with Crippen molar-refractivity contribution in [2.24, 2.45) is 11.8 Å². The number of thiol groups is 1. The van der Waals surface area contributed by atoms with Crippen LogP contribution in [0.1, 0.15) is 33.3 Å². The van der Waals surface area contributed by atoms with Gasteiger partial charge in [-0.3, -0.25) is 4.90 Å². The van der Waals surface area contributed by atoms with Gasteiger partial charge in [0.2, 0.25) is 0 Å². The van der Waals surface area contributed by atoms with Gasteiger partial charge in [0.05, 0.1) is 0 Å². The predicted molar refractivity (Wildman–Crippen MR) is 78.6 cm³/mol. The highest BCUT2D eigenvalue weighted by atomic mass is 32.1. The van der Waals surface area contributed by atoms with Crippen LogP contribution in [0.25, 0.3) is 0 Å². The molecule has 0 saturated carbocycles. The molecule has 0 fully saturated rings. The summed E-state index contributed by atoms with van der Waals surface area (Å²) in [5, 5.41) is 0. The lowest BCUT2D eigenvalue weighted by Gasteiger charge is -2.26. The molecule has 0 heterocycles. The molecule has 0 unspecified atom stereocenters. The molecule has 0 spiro atoms. The number of benzene rings is 1. The van der Waals surface area contributed by atoms with E-state index in [0.29, 0.717) is 11.8 Å². The van der Waals surface area contributed by atoms with Gasteiger partial charge in [0, 0.05) is 24.5 Å². The fourth-order valence-electron chi connectivity index (χ4n) is 2.12. The molecule has 0 radical (unpaired) electrons. The lowest BCUT2D eigenvalue weighted by Crippen LogP contribution is -2.31. The first kappa shape index (κ1) is 14.6. The molecular formula is C15H25NS. The summed E-state index contributed by atoms with van der Waals surface area (Å²) in [6.45, 7) is 12.4. The molecule has 2 heteroatoms. The molecule has 0 N–H and O–H groups in total. The number of hydrogen-bond acceptors (Lipinski definition) is 2. The van der Waals surface area contributed by atoms with Crippen LogP contribution in [0, 0.1) is 11.8 Å². The molecule has 0 atom stereocenters. The highest BCUT2D eigenvalue weighted by Gasteiger charge is 2.11. The van der Waals surface area contributed by atoms with Gasteiger partial charge in [0.25, 0.3) is 0 Å². The van der Waals surface area contributed by atoms with E-state index in [0.717, 1.165) is 24.5 Å². The monoisotopic (exact) mass is 251 g/mol. The second-order valence-electron chi connectivity index (χ2n) is 5.61. The fraction of sp³-hybridized carbons (Fsp3) is 0.600. The number of rotatable bonds is 6.